The Kier molecular flexibility index (Phi) is 3.25. The summed E-state index contributed by atoms with van der Waals surface area (Å²) >= 11 is 0. The molecule has 0 spiro atoms. The third-order valence-corrected chi connectivity index (χ3v) is 2.05. The highest BCUT2D eigenvalue weighted by Gasteiger charge is 2.10. The van der Waals surface area contributed by atoms with Gasteiger partial charge in [0.15, 0.2) is 0 Å². The minimum atomic E-state index is -3.30. The van der Waals surface area contributed by atoms with Gasteiger partial charge in [0.1, 0.15) is 0 Å². The summed E-state index contributed by atoms with van der Waals surface area (Å²) in [4.78, 5) is 0. The van der Waals surface area contributed by atoms with Crippen molar-refractivity contribution in [3.63, 3.8) is 0 Å². The predicted molar refractivity (Wildman–Crippen MR) is 44.3 cm³/mol. The maximum atomic E-state index is 10.5. The first kappa shape index (κ1) is 9.70. The van der Waals surface area contributed by atoms with Crippen molar-refractivity contribution in [3.05, 3.63) is 12.2 Å². The number of hydrogen-bond acceptors (Lipinski definition) is 4. The molecule has 1 atom stereocenters. The van der Waals surface area contributed by atoms with Crippen LogP contribution in [0.4, 0.5) is 0 Å². The number of ether oxygens (including phenoxy) is 1. The van der Waals surface area contributed by atoms with Crippen LogP contribution in [0.25, 0.3) is 0 Å². The third-order valence-electron chi connectivity index (χ3n) is 1.46. The molecule has 0 saturated heterocycles. The molecule has 1 aliphatic rings. The van der Waals surface area contributed by atoms with E-state index in [1.807, 2.05) is 12.2 Å². The Morgan fingerprint density at radius 1 is 1.67 bits per heavy atom. The molecule has 0 amide bonds. The van der Waals surface area contributed by atoms with Crippen molar-refractivity contribution in [2.45, 2.75) is 12.5 Å². The Labute approximate surface area is 72.3 Å². The second-order valence-electron chi connectivity index (χ2n) is 2.61. The summed E-state index contributed by atoms with van der Waals surface area (Å²) in [5, 5.41) is 0. The van der Waals surface area contributed by atoms with E-state index in [0.717, 1.165) is 6.26 Å². The molecule has 0 aromatic heterocycles. The van der Waals surface area contributed by atoms with E-state index in [1.54, 1.807) is 0 Å². The predicted octanol–water partition coefficient (Wildman–Crippen LogP) is 0.308. The van der Waals surface area contributed by atoms with Crippen LogP contribution >= 0.6 is 0 Å². The van der Waals surface area contributed by atoms with E-state index < -0.39 is 10.1 Å². The fraction of sp³-hybridized carbons (Fsp3) is 0.714. The lowest BCUT2D eigenvalue weighted by molar-refractivity contribution is 0.108. The molecule has 0 aromatic rings. The monoisotopic (exact) mass is 192 g/mol. The molecule has 1 rings (SSSR count). The molecule has 4 nitrogen and oxygen atoms in total. The van der Waals surface area contributed by atoms with Crippen molar-refractivity contribution >= 4 is 10.1 Å². The van der Waals surface area contributed by atoms with Crippen molar-refractivity contribution in [2.24, 2.45) is 0 Å². The normalized spacial score (nSPS) is 23.2. The minimum Gasteiger partial charge on any atom is -0.370 e. The first-order chi connectivity index (χ1) is 5.58. The summed E-state index contributed by atoms with van der Waals surface area (Å²) in [7, 11) is -3.30. The number of hydrogen-bond donors (Lipinski definition) is 0. The van der Waals surface area contributed by atoms with Crippen molar-refractivity contribution in [2.75, 3.05) is 19.5 Å². The second kappa shape index (κ2) is 4.02. The van der Waals surface area contributed by atoms with Crippen LogP contribution in [0.5, 0.6) is 0 Å². The molecular formula is C7H12O4S. The average molecular weight is 192 g/mol. The molecule has 70 valence electrons. The highest BCUT2D eigenvalue weighted by Crippen LogP contribution is 2.07. The van der Waals surface area contributed by atoms with Gasteiger partial charge in [-0.05, 0) is 0 Å². The summed E-state index contributed by atoms with van der Waals surface area (Å²) in [6, 6.07) is 0. The molecule has 0 fully saturated rings. The van der Waals surface area contributed by atoms with E-state index >= 15 is 0 Å². The maximum Gasteiger partial charge on any atom is 0.264 e. The van der Waals surface area contributed by atoms with Gasteiger partial charge in [0.2, 0.25) is 0 Å². The molecule has 12 heavy (non-hydrogen) atoms. The van der Waals surface area contributed by atoms with E-state index in [9.17, 15) is 8.42 Å². The molecular weight excluding hydrogens is 180 g/mol. The molecule has 1 aliphatic heterocycles. The lowest BCUT2D eigenvalue weighted by Gasteiger charge is -2.06. The summed E-state index contributed by atoms with van der Waals surface area (Å²) in [5.74, 6) is 0. The Morgan fingerprint density at radius 2 is 2.42 bits per heavy atom. The van der Waals surface area contributed by atoms with E-state index in [4.69, 9.17) is 4.74 Å². The van der Waals surface area contributed by atoms with Crippen LogP contribution in [-0.4, -0.2) is 34.0 Å². The SMILES string of the molecule is CS(=O)(=O)OCCC1C=CCO1. The van der Waals surface area contributed by atoms with Crippen molar-refractivity contribution in [3.8, 4) is 0 Å². The first-order valence-electron chi connectivity index (χ1n) is 3.70. The lowest BCUT2D eigenvalue weighted by atomic mass is 10.3. The van der Waals surface area contributed by atoms with Gasteiger partial charge in [0, 0.05) is 6.42 Å². The molecule has 0 radical (unpaired) electrons. The quantitative estimate of drug-likeness (QED) is 0.475. The van der Waals surface area contributed by atoms with Crippen LogP contribution in [0.2, 0.25) is 0 Å². The summed E-state index contributed by atoms with van der Waals surface area (Å²) in [6.07, 6.45) is 5.46. The molecule has 0 aliphatic carbocycles. The average Bonchev–Trinajstić information content (AvgIpc) is 2.36. The van der Waals surface area contributed by atoms with E-state index in [-0.39, 0.29) is 12.7 Å². The molecule has 5 heteroatoms. The molecule has 0 saturated carbocycles. The zero-order chi connectivity index (χ0) is 9.03. The minimum absolute atomic E-state index is 0.0201. The van der Waals surface area contributed by atoms with Crippen LogP contribution in [-0.2, 0) is 19.0 Å². The summed E-state index contributed by atoms with van der Waals surface area (Å²) in [6.45, 7) is 0.803. The zero-order valence-electron chi connectivity index (χ0n) is 6.89. The summed E-state index contributed by atoms with van der Waals surface area (Å²) in [5.41, 5.74) is 0. The van der Waals surface area contributed by atoms with Crippen molar-refractivity contribution in [1.29, 1.82) is 0 Å². The Morgan fingerprint density at radius 3 is 2.92 bits per heavy atom. The smallest absolute Gasteiger partial charge is 0.264 e. The Bertz CT molecular complexity index is 255. The topological polar surface area (TPSA) is 52.6 Å². The van der Waals surface area contributed by atoms with Gasteiger partial charge in [-0.3, -0.25) is 4.18 Å². The van der Waals surface area contributed by atoms with E-state index in [0.29, 0.717) is 13.0 Å². The van der Waals surface area contributed by atoms with Gasteiger partial charge in [-0.2, -0.15) is 8.42 Å². The Balaban J connectivity index is 2.14. The van der Waals surface area contributed by atoms with Gasteiger partial charge in [0.05, 0.1) is 25.6 Å². The fourth-order valence-corrected chi connectivity index (χ4v) is 1.34. The standard InChI is InChI=1S/C7H12O4S/c1-12(8,9)11-6-4-7-3-2-5-10-7/h2-3,7H,4-6H2,1H3. The first-order valence-corrected chi connectivity index (χ1v) is 5.52. The van der Waals surface area contributed by atoms with Crippen LogP contribution in [0.3, 0.4) is 0 Å². The molecule has 0 bridgehead atoms. The van der Waals surface area contributed by atoms with Crippen LogP contribution < -0.4 is 0 Å². The Hall–Kier alpha value is -0.390. The van der Waals surface area contributed by atoms with Crippen molar-refractivity contribution < 1.29 is 17.3 Å². The summed E-state index contributed by atoms with van der Waals surface area (Å²) < 4.78 is 30.8. The van der Waals surface area contributed by atoms with Gasteiger partial charge in [-0.1, -0.05) is 12.2 Å². The lowest BCUT2D eigenvalue weighted by Crippen LogP contribution is -2.11. The number of rotatable bonds is 4. The van der Waals surface area contributed by atoms with Crippen LogP contribution in [0, 0.1) is 0 Å². The molecule has 0 N–H and O–H groups in total. The van der Waals surface area contributed by atoms with Gasteiger partial charge >= 0.3 is 0 Å². The van der Waals surface area contributed by atoms with E-state index in [1.165, 1.54) is 0 Å². The van der Waals surface area contributed by atoms with Gasteiger partial charge < -0.3 is 4.74 Å². The fourth-order valence-electron chi connectivity index (χ4n) is 0.937. The van der Waals surface area contributed by atoms with Gasteiger partial charge in [0.25, 0.3) is 10.1 Å². The van der Waals surface area contributed by atoms with E-state index in [2.05, 4.69) is 4.18 Å². The van der Waals surface area contributed by atoms with Crippen LogP contribution in [0.1, 0.15) is 6.42 Å². The third kappa shape index (κ3) is 3.85. The largest absolute Gasteiger partial charge is 0.370 e. The highest BCUT2D eigenvalue weighted by atomic mass is 32.2. The van der Waals surface area contributed by atoms with Gasteiger partial charge in [-0.25, -0.2) is 0 Å². The van der Waals surface area contributed by atoms with Crippen LogP contribution in [0.15, 0.2) is 12.2 Å². The maximum absolute atomic E-state index is 10.5. The highest BCUT2D eigenvalue weighted by molar-refractivity contribution is 7.85. The van der Waals surface area contributed by atoms with Gasteiger partial charge in [-0.15, -0.1) is 0 Å². The molecule has 1 heterocycles. The second-order valence-corrected chi connectivity index (χ2v) is 4.26. The van der Waals surface area contributed by atoms with Crippen molar-refractivity contribution in [1.82, 2.24) is 0 Å². The molecule has 0 aromatic carbocycles. The molecule has 1 unspecified atom stereocenters. The zero-order valence-corrected chi connectivity index (χ0v) is 7.71.